The van der Waals surface area contributed by atoms with Crippen LogP contribution in [0.4, 0.5) is 10.5 Å². The number of thioether (sulfide) groups is 1. The van der Waals surface area contributed by atoms with Gasteiger partial charge in [-0.3, -0.25) is 19.3 Å². The van der Waals surface area contributed by atoms with E-state index in [1.807, 2.05) is 19.1 Å². The number of rotatable bonds is 6. The molecule has 6 nitrogen and oxygen atoms in total. The molecule has 0 atom stereocenters. The van der Waals surface area contributed by atoms with Crippen molar-refractivity contribution in [2.75, 3.05) is 19.0 Å². The number of amides is 3. The SMILES string of the molecule is CCc1ccc(NC(=O)CN2C(=O)S/C(=C/c3ccc(OC)cc3)C2=O)cc1. The Labute approximate surface area is 167 Å². The third-order valence-corrected chi connectivity index (χ3v) is 5.14. The fraction of sp³-hybridized carbons (Fsp3) is 0.190. The van der Waals surface area contributed by atoms with Gasteiger partial charge in [0.15, 0.2) is 0 Å². The molecule has 1 aliphatic heterocycles. The lowest BCUT2D eigenvalue weighted by Gasteiger charge is -2.12. The molecule has 1 saturated heterocycles. The van der Waals surface area contributed by atoms with Gasteiger partial charge >= 0.3 is 0 Å². The molecule has 1 aliphatic rings. The Morgan fingerprint density at radius 3 is 2.39 bits per heavy atom. The van der Waals surface area contributed by atoms with Crippen LogP contribution < -0.4 is 10.1 Å². The molecule has 2 aromatic carbocycles. The molecule has 0 bridgehead atoms. The molecular weight excluding hydrogens is 376 g/mol. The Bertz CT molecular complexity index is 920. The van der Waals surface area contributed by atoms with Crippen molar-refractivity contribution in [1.82, 2.24) is 4.90 Å². The van der Waals surface area contributed by atoms with Crippen LogP contribution in [-0.4, -0.2) is 35.6 Å². The molecule has 3 rings (SSSR count). The molecular formula is C21H20N2O4S. The van der Waals surface area contributed by atoms with Crippen molar-refractivity contribution >= 4 is 40.6 Å². The Balaban J connectivity index is 1.65. The summed E-state index contributed by atoms with van der Waals surface area (Å²) in [5, 5.41) is 2.25. The number of hydrogen-bond acceptors (Lipinski definition) is 5. The quantitative estimate of drug-likeness (QED) is 0.749. The lowest BCUT2D eigenvalue weighted by molar-refractivity contribution is -0.127. The normalized spacial score (nSPS) is 15.2. The highest BCUT2D eigenvalue weighted by Crippen LogP contribution is 2.32. The topological polar surface area (TPSA) is 75.7 Å². The van der Waals surface area contributed by atoms with E-state index in [9.17, 15) is 14.4 Å². The number of nitrogens with zero attached hydrogens (tertiary/aromatic N) is 1. The van der Waals surface area contributed by atoms with Crippen LogP contribution >= 0.6 is 11.8 Å². The molecule has 0 radical (unpaired) electrons. The fourth-order valence-corrected chi connectivity index (χ4v) is 3.49. The average molecular weight is 396 g/mol. The van der Waals surface area contributed by atoms with Gasteiger partial charge in [-0.05, 0) is 59.7 Å². The standard InChI is InChI=1S/C21H20N2O4S/c1-3-14-4-8-16(9-5-14)22-19(24)13-23-20(25)18(28-21(23)26)12-15-6-10-17(27-2)11-7-15/h4-12H,3,13H2,1-2H3,(H,22,24)/b18-12+. The van der Waals surface area contributed by atoms with Gasteiger partial charge in [-0.2, -0.15) is 0 Å². The second-order valence-electron chi connectivity index (χ2n) is 6.14. The zero-order chi connectivity index (χ0) is 20.1. The zero-order valence-corrected chi connectivity index (χ0v) is 16.4. The van der Waals surface area contributed by atoms with Gasteiger partial charge in [-0.25, -0.2) is 0 Å². The zero-order valence-electron chi connectivity index (χ0n) is 15.6. The van der Waals surface area contributed by atoms with Crippen LogP contribution in [0.15, 0.2) is 53.4 Å². The first-order valence-electron chi connectivity index (χ1n) is 8.78. The summed E-state index contributed by atoms with van der Waals surface area (Å²) in [6.45, 7) is 1.73. The van der Waals surface area contributed by atoms with Crippen LogP contribution in [0.2, 0.25) is 0 Å². The maximum atomic E-state index is 12.5. The molecule has 2 aromatic rings. The van der Waals surface area contributed by atoms with Gasteiger partial charge in [0.1, 0.15) is 12.3 Å². The molecule has 0 unspecified atom stereocenters. The fourth-order valence-electron chi connectivity index (χ4n) is 2.66. The largest absolute Gasteiger partial charge is 0.497 e. The summed E-state index contributed by atoms with van der Waals surface area (Å²) in [5.41, 5.74) is 2.56. The van der Waals surface area contributed by atoms with Gasteiger partial charge in [-0.15, -0.1) is 0 Å². The third kappa shape index (κ3) is 4.61. The van der Waals surface area contributed by atoms with Crippen LogP contribution in [0.1, 0.15) is 18.1 Å². The average Bonchev–Trinajstić information content (AvgIpc) is 2.96. The second-order valence-corrected chi connectivity index (χ2v) is 7.13. The number of benzene rings is 2. The number of ether oxygens (including phenoxy) is 1. The van der Waals surface area contributed by atoms with Gasteiger partial charge in [0.05, 0.1) is 12.0 Å². The van der Waals surface area contributed by atoms with Crippen molar-refractivity contribution in [2.24, 2.45) is 0 Å². The summed E-state index contributed by atoms with van der Waals surface area (Å²) in [4.78, 5) is 38.2. The first-order chi connectivity index (χ1) is 13.5. The number of aryl methyl sites for hydroxylation is 1. The highest BCUT2D eigenvalue weighted by molar-refractivity contribution is 8.18. The predicted octanol–water partition coefficient (Wildman–Crippen LogP) is 3.93. The van der Waals surface area contributed by atoms with Crippen molar-refractivity contribution in [3.8, 4) is 5.75 Å². The summed E-state index contributed by atoms with van der Waals surface area (Å²) < 4.78 is 5.10. The minimum atomic E-state index is -0.470. The van der Waals surface area contributed by atoms with Crippen molar-refractivity contribution in [1.29, 1.82) is 0 Å². The van der Waals surface area contributed by atoms with Gasteiger partial charge in [0.2, 0.25) is 5.91 Å². The molecule has 0 aliphatic carbocycles. The molecule has 144 valence electrons. The summed E-state index contributed by atoms with van der Waals surface area (Å²) in [7, 11) is 1.57. The van der Waals surface area contributed by atoms with E-state index < -0.39 is 17.1 Å². The maximum Gasteiger partial charge on any atom is 0.294 e. The van der Waals surface area contributed by atoms with E-state index in [0.717, 1.165) is 34.2 Å². The van der Waals surface area contributed by atoms with Gasteiger partial charge in [-0.1, -0.05) is 31.2 Å². The third-order valence-electron chi connectivity index (χ3n) is 4.23. The van der Waals surface area contributed by atoms with E-state index in [1.165, 1.54) is 0 Å². The van der Waals surface area contributed by atoms with E-state index in [1.54, 1.807) is 49.6 Å². The Hall–Kier alpha value is -3.06. The first kappa shape index (κ1) is 19.7. The van der Waals surface area contributed by atoms with E-state index >= 15 is 0 Å². The molecule has 1 N–H and O–H groups in total. The summed E-state index contributed by atoms with van der Waals surface area (Å²) in [6.07, 6.45) is 2.54. The summed E-state index contributed by atoms with van der Waals surface area (Å²) in [5.74, 6) is -0.187. The number of methoxy groups -OCH3 is 1. The molecule has 1 fully saturated rings. The number of hydrogen-bond donors (Lipinski definition) is 1. The van der Waals surface area contributed by atoms with Gasteiger partial charge < -0.3 is 10.1 Å². The number of imide groups is 1. The van der Waals surface area contributed by atoms with Crippen LogP contribution in [0.25, 0.3) is 6.08 Å². The van der Waals surface area contributed by atoms with Gasteiger partial charge in [0, 0.05) is 5.69 Å². The molecule has 0 spiro atoms. The summed E-state index contributed by atoms with van der Waals surface area (Å²) >= 11 is 0.827. The van der Waals surface area contributed by atoms with Crippen molar-refractivity contribution in [3.05, 3.63) is 64.6 Å². The van der Waals surface area contributed by atoms with Crippen LogP contribution in [0.5, 0.6) is 5.75 Å². The smallest absolute Gasteiger partial charge is 0.294 e. The number of carbonyl (C=O) groups is 3. The van der Waals surface area contributed by atoms with Gasteiger partial charge in [0.25, 0.3) is 11.1 Å². The van der Waals surface area contributed by atoms with Crippen molar-refractivity contribution < 1.29 is 19.1 Å². The number of anilines is 1. The first-order valence-corrected chi connectivity index (χ1v) is 9.60. The van der Waals surface area contributed by atoms with E-state index in [4.69, 9.17) is 4.74 Å². The highest BCUT2D eigenvalue weighted by Gasteiger charge is 2.36. The Morgan fingerprint density at radius 2 is 1.79 bits per heavy atom. The van der Waals surface area contributed by atoms with Crippen LogP contribution in [-0.2, 0) is 16.0 Å². The molecule has 3 amide bonds. The van der Waals surface area contributed by atoms with E-state index in [2.05, 4.69) is 5.32 Å². The molecule has 0 aromatic heterocycles. The van der Waals surface area contributed by atoms with E-state index in [0.29, 0.717) is 11.4 Å². The molecule has 7 heteroatoms. The lowest BCUT2D eigenvalue weighted by atomic mass is 10.1. The Morgan fingerprint density at radius 1 is 1.11 bits per heavy atom. The maximum absolute atomic E-state index is 12.5. The second kappa shape index (κ2) is 8.75. The van der Waals surface area contributed by atoms with Crippen LogP contribution in [0.3, 0.4) is 0 Å². The van der Waals surface area contributed by atoms with E-state index in [-0.39, 0.29) is 11.4 Å². The van der Waals surface area contributed by atoms with Crippen LogP contribution in [0, 0.1) is 0 Å². The minimum absolute atomic E-state index is 0.287. The number of carbonyl (C=O) groups excluding carboxylic acids is 3. The molecule has 28 heavy (non-hydrogen) atoms. The minimum Gasteiger partial charge on any atom is -0.497 e. The molecule has 0 saturated carbocycles. The predicted molar refractivity (Wildman–Crippen MR) is 110 cm³/mol. The summed E-state index contributed by atoms with van der Waals surface area (Å²) in [6, 6.07) is 14.6. The monoisotopic (exact) mass is 396 g/mol. The highest BCUT2D eigenvalue weighted by atomic mass is 32.2. The lowest BCUT2D eigenvalue weighted by Crippen LogP contribution is -2.36. The van der Waals surface area contributed by atoms with Crippen molar-refractivity contribution in [3.63, 3.8) is 0 Å². The Kier molecular flexibility index (Phi) is 6.16. The number of nitrogens with one attached hydrogen (secondary N) is 1. The molecule has 1 heterocycles. The van der Waals surface area contributed by atoms with Crippen molar-refractivity contribution in [2.45, 2.75) is 13.3 Å².